The number of aryl methyl sites for hydroxylation is 1. The van der Waals surface area contributed by atoms with Gasteiger partial charge in [-0.2, -0.15) is 0 Å². The standard InChI is InChI=1S/C8H11F2N3/c1-4-5(3-11)6(12)2-7(13-4)8(9)10/h2,8H,3,11H2,1H3,(H2,12,13). The number of nitrogen functional groups attached to an aromatic ring is 1. The number of aromatic nitrogens is 1. The lowest BCUT2D eigenvalue weighted by atomic mass is 10.1. The fourth-order valence-corrected chi connectivity index (χ4v) is 1.13. The van der Waals surface area contributed by atoms with Crippen molar-refractivity contribution in [2.75, 3.05) is 5.73 Å². The van der Waals surface area contributed by atoms with Crippen LogP contribution in [0, 0.1) is 6.92 Å². The summed E-state index contributed by atoms with van der Waals surface area (Å²) in [6.45, 7) is 1.83. The largest absolute Gasteiger partial charge is 0.398 e. The van der Waals surface area contributed by atoms with Gasteiger partial charge >= 0.3 is 0 Å². The first-order valence-electron chi connectivity index (χ1n) is 3.80. The van der Waals surface area contributed by atoms with Gasteiger partial charge in [0.25, 0.3) is 6.43 Å². The molecule has 0 spiro atoms. The molecule has 1 rings (SSSR count). The molecule has 3 nitrogen and oxygen atoms in total. The summed E-state index contributed by atoms with van der Waals surface area (Å²) >= 11 is 0. The van der Waals surface area contributed by atoms with Gasteiger partial charge < -0.3 is 11.5 Å². The molecule has 0 aromatic carbocycles. The Bertz CT molecular complexity index is 289. The Morgan fingerprint density at radius 3 is 2.54 bits per heavy atom. The fourth-order valence-electron chi connectivity index (χ4n) is 1.13. The third-order valence-electron chi connectivity index (χ3n) is 1.81. The van der Waals surface area contributed by atoms with Crippen LogP contribution in [0.4, 0.5) is 14.5 Å². The lowest BCUT2D eigenvalue weighted by Crippen LogP contribution is -2.07. The van der Waals surface area contributed by atoms with Crippen molar-refractivity contribution < 1.29 is 8.78 Å². The van der Waals surface area contributed by atoms with Crippen LogP contribution in [0.2, 0.25) is 0 Å². The highest BCUT2D eigenvalue weighted by atomic mass is 19.3. The molecule has 0 radical (unpaired) electrons. The number of halogens is 2. The molecule has 72 valence electrons. The van der Waals surface area contributed by atoms with E-state index < -0.39 is 6.43 Å². The number of nitrogens with zero attached hydrogens (tertiary/aromatic N) is 1. The minimum atomic E-state index is -2.59. The summed E-state index contributed by atoms with van der Waals surface area (Å²) in [7, 11) is 0. The summed E-state index contributed by atoms with van der Waals surface area (Å²) in [6, 6.07) is 1.17. The molecule has 13 heavy (non-hydrogen) atoms. The first-order chi connectivity index (χ1) is 6.06. The van der Waals surface area contributed by atoms with Crippen LogP contribution in [0.25, 0.3) is 0 Å². The van der Waals surface area contributed by atoms with Crippen LogP contribution in [0.15, 0.2) is 6.07 Å². The van der Waals surface area contributed by atoms with E-state index in [1.165, 1.54) is 6.07 Å². The molecule has 1 aromatic rings. The Kier molecular flexibility index (Phi) is 2.77. The molecule has 1 heterocycles. The number of anilines is 1. The Labute approximate surface area is 74.8 Å². The maximum absolute atomic E-state index is 12.2. The van der Waals surface area contributed by atoms with Crippen LogP contribution >= 0.6 is 0 Å². The smallest absolute Gasteiger partial charge is 0.280 e. The van der Waals surface area contributed by atoms with Crippen molar-refractivity contribution in [3.05, 3.63) is 23.0 Å². The van der Waals surface area contributed by atoms with Gasteiger partial charge in [-0.1, -0.05) is 0 Å². The molecule has 0 aliphatic rings. The van der Waals surface area contributed by atoms with E-state index in [2.05, 4.69) is 4.98 Å². The van der Waals surface area contributed by atoms with E-state index >= 15 is 0 Å². The second kappa shape index (κ2) is 3.66. The highest BCUT2D eigenvalue weighted by Crippen LogP contribution is 2.22. The minimum Gasteiger partial charge on any atom is -0.398 e. The maximum Gasteiger partial charge on any atom is 0.280 e. The fraction of sp³-hybridized carbons (Fsp3) is 0.375. The zero-order chi connectivity index (χ0) is 10.0. The van der Waals surface area contributed by atoms with Gasteiger partial charge in [0.05, 0.1) is 0 Å². The summed E-state index contributed by atoms with van der Waals surface area (Å²) in [6.07, 6.45) is -2.59. The highest BCUT2D eigenvalue weighted by molar-refractivity contribution is 5.49. The topological polar surface area (TPSA) is 64.9 Å². The predicted octanol–water partition coefficient (Wildman–Crippen LogP) is 1.37. The third-order valence-corrected chi connectivity index (χ3v) is 1.81. The number of hydrogen-bond acceptors (Lipinski definition) is 3. The highest BCUT2D eigenvalue weighted by Gasteiger charge is 2.12. The molecule has 4 N–H and O–H groups in total. The van der Waals surface area contributed by atoms with Crippen LogP contribution in [0.3, 0.4) is 0 Å². The van der Waals surface area contributed by atoms with Crippen molar-refractivity contribution in [2.24, 2.45) is 5.73 Å². The van der Waals surface area contributed by atoms with Gasteiger partial charge in [0.15, 0.2) is 0 Å². The summed E-state index contributed by atoms with van der Waals surface area (Å²) in [5.41, 5.74) is 12.0. The first-order valence-corrected chi connectivity index (χ1v) is 3.80. The molecule has 1 aromatic heterocycles. The van der Waals surface area contributed by atoms with Crippen molar-refractivity contribution in [2.45, 2.75) is 19.9 Å². The van der Waals surface area contributed by atoms with Gasteiger partial charge in [-0.15, -0.1) is 0 Å². The molecular weight excluding hydrogens is 176 g/mol. The molecule has 0 aliphatic carbocycles. The van der Waals surface area contributed by atoms with Crippen LogP contribution in [0.1, 0.15) is 23.4 Å². The average molecular weight is 187 g/mol. The van der Waals surface area contributed by atoms with Gasteiger partial charge in [0, 0.05) is 23.5 Å². The Hall–Kier alpha value is -1.23. The lowest BCUT2D eigenvalue weighted by molar-refractivity contribution is 0.146. The second-order valence-electron chi connectivity index (χ2n) is 2.71. The summed E-state index contributed by atoms with van der Waals surface area (Å²) in [5, 5.41) is 0. The second-order valence-corrected chi connectivity index (χ2v) is 2.71. The van der Waals surface area contributed by atoms with Crippen LogP contribution < -0.4 is 11.5 Å². The zero-order valence-corrected chi connectivity index (χ0v) is 7.22. The number of alkyl halides is 2. The molecule has 0 amide bonds. The van der Waals surface area contributed by atoms with E-state index in [9.17, 15) is 8.78 Å². The van der Waals surface area contributed by atoms with Gasteiger partial charge in [-0.3, -0.25) is 4.98 Å². The Morgan fingerprint density at radius 1 is 1.54 bits per heavy atom. The van der Waals surface area contributed by atoms with Gasteiger partial charge in [-0.05, 0) is 13.0 Å². The van der Waals surface area contributed by atoms with Crippen molar-refractivity contribution in [3.8, 4) is 0 Å². The van der Waals surface area contributed by atoms with E-state index in [0.29, 0.717) is 11.3 Å². The Balaban J connectivity index is 3.20. The lowest BCUT2D eigenvalue weighted by Gasteiger charge is -2.08. The quantitative estimate of drug-likeness (QED) is 0.734. The van der Waals surface area contributed by atoms with Crippen LogP contribution in [0.5, 0.6) is 0 Å². The molecule has 0 saturated carbocycles. The number of pyridine rings is 1. The summed E-state index contributed by atoms with van der Waals surface area (Å²) < 4.78 is 24.4. The first kappa shape index (κ1) is 9.85. The van der Waals surface area contributed by atoms with E-state index in [1.54, 1.807) is 6.92 Å². The summed E-state index contributed by atoms with van der Waals surface area (Å²) in [5.74, 6) is 0. The average Bonchev–Trinajstić information content (AvgIpc) is 2.03. The van der Waals surface area contributed by atoms with E-state index in [1.807, 2.05) is 0 Å². The number of hydrogen-bond donors (Lipinski definition) is 2. The molecule has 0 saturated heterocycles. The third kappa shape index (κ3) is 1.92. The van der Waals surface area contributed by atoms with Gasteiger partial charge in [0.1, 0.15) is 5.69 Å². The molecular formula is C8H11F2N3. The SMILES string of the molecule is Cc1nc(C(F)F)cc(N)c1CN. The van der Waals surface area contributed by atoms with Crippen LogP contribution in [-0.2, 0) is 6.54 Å². The Morgan fingerprint density at radius 2 is 2.15 bits per heavy atom. The molecule has 5 heteroatoms. The molecule has 0 unspecified atom stereocenters. The van der Waals surface area contributed by atoms with Gasteiger partial charge in [-0.25, -0.2) is 8.78 Å². The molecule has 0 aliphatic heterocycles. The zero-order valence-electron chi connectivity index (χ0n) is 7.22. The molecule has 0 atom stereocenters. The van der Waals surface area contributed by atoms with Gasteiger partial charge in [0.2, 0.25) is 0 Å². The normalized spacial score (nSPS) is 10.8. The predicted molar refractivity (Wildman–Crippen MR) is 46.2 cm³/mol. The number of nitrogens with two attached hydrogens (primary N) is 2. The summed E-state index contributed by atoms with van der Waals surface area (Å²) in [4.78, 5) is 3.69. The monoisotopic (exact) mass is 187 g/mol. The van der Waals surface area contributed by atoms with E-state index in [4.69, 9.17) is 11.5 Å². The minimum absolute atomic E-state index is 0.216. The molecule has 0 bridgehead atoms. The van der Waals surface area contributed by atoms with Crippen molar-refractivity contribution in [1.29, 1.82) is 0 Å². The van der Waals surface area contributed by atoms with Crippen molar-refractivity contribution >= 4 is 5.69 Å². The molecule has 0 fully saturated rings. The van der Waals surface area contributed by atoms with E-state index in [0.717, 1.165) is 0 Å². The maximum atomic E-state index is 12.2. The van der Waals surface area contributed by atoms with E-state index in [-0.39, 0.29) is 17.9 Å². The number of rotatable bonds is 2. The van der Waals surface area contributed by atoms with Crippen LogP contribution in [-0.4, -0.2) is 4.98 Å². The van der Waals surface area contributed by atoms with Crippen molar-refractivity contribution in [1.82, 2.24) is 4.98 Å². The van der Waals surface area contributed by atoms with Crippen molar-refractivity contribution in [3.63, 3.8) is 0 Å².